The maximum Gasteiger partial charge on any atom is 0.252 e. The molecule has 0 spiro atoms. The molecule has 19 heavy (non-hydrogen) atoms. The Kier molecular flexibility index (Phi) is 4.87. The molecule has 1 aromatic rings. The number of amides is 1. The fraction of sp³-hybridized carbons (Fsp3) is 0.500. The molecule has 2 N–H and O–H groups in total. The van der Waals surface area contributed by atoms with Gasteiger partial charge in [-0.2, -0.15) is 0 Å². The Morgan fingerprint density at radius 2 is 2.11 bits per heavy atom. The minimum Gasteiger partial charge on any atom is -0.396 e. The van der Waals surface area contributed by atoms with Crippen LogP contribution in [0.1, 0.15) is 36.0 Å². The van der Waals surface area contributed by atoms with Crippen molar-refractivity contribution in [1.29, 1.82) is 0 Å². The molecular formula is C14H17BrClNO2. The molecule has 0 unspecified atom stereocenters. The first-order valence-electron chi connectivity index (χ1n) is 6.41. The summed E-state index contributed by atoms with van der Waals surface area (Å²) in [5.74, 6) is -0.189. The normalized spacial score (nSPS) is 17.4. The molecule has 5 heteroatoms. The van der Waals surface area contributed by atoms with Gasteiger partial charge in [-0.15, -0.1) is 0 Å². The number of carbonyl (C=O) groups excluding carboxylic acids is 1. The van der Waals surface area contributed by atoms with Crippen LogP contribution in [0, 0.1) is 5.41 Å². The molecule has 1 amide bonds. The van der Waals surface area contributed by atoms with Crippen molar-refractivity contribution in [1.82, 2.24) is 5.32 Å². The van der Waals surface area contributed by atoms with Gasteiger partial charge in [0.2, 0.25) is 0 Å². The molecule has 1 saturated carbocycles. The summed E-state index contributed by atoms with van der Waals surface area (Å²) in [6.07, 6.45) is 4.17. The molecule has 1 aromatic carbocycles. The third-order valence-corrected chi connectivity index (χ3v) is 5.12. The quantitative estimate of drug-likeness (QED) is 0.878. The standard InChI is InChI=1S/C14H17BrClNO2/c15-11-5-3-4-10(12(11)16)13(19)17-8-14(9-18)6-1-2-7-14/h3-5,18H,1-2,6-9H2,(H,17,19). The van der Waals surface area contributed by atoms with E-state index in [0.29, 0.717) is 21.6 Å². The molecular weight excluding hydrogens is 330 g/mol. The Bertz CT molecular complexity index is 473. The van der Waals surface area contributed by atoms with E-state index in [0.717, 1.165) is 25.7 Å². The van der Waals surface area contributed by atoms with Crippen molar-refractivity contribution < 1.29 is 9.90 Å². The van der Waals surface area contributed by atoms with Crippen LogP contribution in [-0.2, 0) is 0 Å². The highest BCUT2D eigenvalue weighted by Gasteiger charge is 2.33. The number of aliphatic hydroxyl groups excluding tert-OH is 1. The zero-order valence-electron chi connectivity index (χ0n) is 10.6. The molecule has 0 atom stereocenters. The first kappa shape index (κ1) is 14.8. The lowest BCUT2D eigenvalue weighted by Crippen LogP contribution is -2.38. The summed E-state index contributed by atoms with van der Waals surface area (Å²) in [5, 5.41) is 12.8. The Hall–Kier alpha value is -0.580. The average molecular weight is 347 g/mol. The summed E-state index contributed by atoms with van der Waals surface area (Å²) >= 11 is 9.40. The number of hydrogen-bond donors (Lipinski definition) is 2. The summed E-state index contributed by atoms with van der Waals surface area (Å²) in [7, 11) is 0. The summed E-state index contributed by atoms with van der Waals surface area (Å²) in [6, 6.07) is 5.27. The minimum absolute atomic E-state index is 0.125. The summed E-state index contributed by atoms with van der Waals surface area (Å²) in [6.45, 7) is 0.630. The molecule has 0 aromatic heterocycles. The number of aliphatic hydroxyl groups is 1. The summed E-state index contributed by atoms with van der Waals surface area (Å²) in [5.41, 5.74) is 0.316. The van der Waals surface area contributed by atoms with Gasteiger partial charge in [-0.05, 0) is 40.9 Å². The van der Waals surface area contributed by atoms with E-state index >= 15 is 0 Å². The molecule has 1 aliphatic rings. The molecule has 2 rings (SSSR count). The van der Waals surface area contributed by atoms with Crippen LogP contribution in [0.25, 0.3) is 0 Å². The summed E-state index contributed by atoms with van der Waals surface area (Å²) in [4.78, 5) is 12.1. The first-order valence-corrected chi connectivity index (χ1v) is 7.58. The van der Waals surface area contributed by atoms with Gasteiger partial charge >= 0.3 is 0 Å². The molecule has 104 valence electrons. The van der Waals surface area contributed by atoms with Crippen molar-refractivity contribution in [2.45, 2.75) is 25.7 Å². The molecule has 3 nitrogen and oxygen atoms in total. The summed E-state index contributed by atoms with van der Waals surface area (Å²) < 4.78 is 0.708. The van der Waals surface area contributed by atoms with Crippen LogP contribution in [0.5, 0.6) is 0 Å². The number of hydrogen-bond acceptors (Lipinski definition) is 2. The van der Waals surface area contributed by atoms with Crippen molar-refractivity contribution in [3.8, 4) is 0 Å². The highest BCUT2D eigenvalue weighted by Crippen LogP contribution is 2.37. The molecule has 1 aliphatic carbocycles. The Labute approximate surface area is 126 Å². The minimum atomic E-state index is -0.189. The SMILES string of the molecule is O=C(NCC1(CO)CCCC1)c1cccc(Br)c1Cl. The Balaban J connectivity index is 2.03. The lowest BCUT2D eigenvalue weighted by molar-refractivity contribution is 0.0880. The molecule has 0 heterocycles. The smallest absolute Gasteiger partial charge is 0.252 e. The number of rotatable bonds is 4. The van der Waals surface area contributed by atoms with Gasteiger partial charge in [0, 0.05) is 16.4 Å². The lowest BCUT2D eigenvalue weighted by atomic mass is 9.87. The zero-order valence-corrected chi connectivity index (χ0v) is 12.9. The second-order valence-corrected chi connectivity index (χ2v) is 6.38. The van der Waals surface area contributed by atoms with Crippen molar-refractivity contribution in [3.63, 3.8) is 0 Å². The van der Waals surface area contributed by atoms with Gasteiger partial charge in [0.15, 0.2) is 0 Å². The number of benzene rings is 1. The predicted octanol–water partition coefficient (Wildman–Crippen LogP) is 3.39. The van der Waals surface area contributed by atoms with E-state index in [9.17, 15) is 9.90 Å². The van der Waals surface area contributed by atoms with Crippen molar-refractivity contribution in [2.75, 3.05) is 13.2 Å². The fourth-order valence-corrected chi connectivity index (χ4v) is 3.14. The number of carbonyl (C=O) groups is 1. The van der Waals surface area contributed by atoms with Crippen molar-refractivity contribution in [2.24, 2.45) is 5.41 Å². The van der Waals surface area contributed by atoms with Crippen molar-refractivity contribution in [3.05, 3.63) is 33.3 Å². The van der Waals surface area contributed by atoms with Crippen LogP contribution in [0.3, 0.4) is 0 Å². The molecule has 0 bridgehead atoms. The number of halogens is 2. The van der Waals surface area contributed by atoms with Gasteiger partial charge in [0.05, 0.1) is 17.2 Å². The first-order chi connectivity index (χ1) is 9.08. The second-order valence-electron chi connectivity index (χ2n) is 5.15. The molecule has 0 aliphatic heterocycles. The van der Waals surface area contributed by atoms with Gasteiger partial charge in [-0.1, -0.05) is 30.5 Å². The highest BCUT2D eigenvalue weighted by atomic mass is 79.9. The van der Waals surface area contributed by atoms with E-state index in [1.807, 2.05) is 0 Å². The van der Waals surface area contributed by atoms with E-state index in [1.165, 1.54) is 0 Å². The highest BCUT2D eigenvalue weighted by molar-refractivity contribution is 9.10. The Morgan fingerprint density at radius 3 is 2.74 bits per heavy atom. The monoisotopic (exact) mass is 345 g/mol. The van der Waals surface area contributed by atoms with Gasteiger partial charge in [0.1, 0.15) is 0 Å². The van der Waals surface area contributed by atoms with Crippen LogP contribution in [-0.4, -0.2) is 24.2 Å². The maximum absolute atomic E-state index is 12.1. The van der Waals surface area contributed by atoms with Crippen LogP contribution in [0.2, 0.25) is 5.02 Å². The van der Waals surface area contributed by atoms with E-state index in [1.54, 1.807) is 18.2 Å². The second kappa shape index (κ2) is 6.25. The fourth-order valence-electron chi connectivity index (χ4n) is 2.56. The maximum atomic E-state index is 12.1. The number of nitrogens with one attached hydrogen (secondary N) is 1. The molecule has 0 radical (unpaired) electrons. The van der Waals surface area contributed by atoms with E-state index < -0.39 is 0 Å². The van der Waals surface area contributed by atoms with Crippen LogP contribution in [0.4, 0.5) is 0 Å². The van der Waals surface area contributed by atoms with Gasteiger partial charge in [-0.25, -0.2) is 0 Å². The van der Waals surface area contributed by atoms with Crippen LogP contribution in [0.15, 0.2) is 22.7 Å². The van der Waals surface area contributed by atoms with E-state index in [-0.39, 0.29) is 17.9 Å². The third-order valence-electron chi connectivity index (χ3n) is 3.82. The van der Waals surface area contributed by atoms with Gasteiger partial charge in [-0.3, -0.25) is 4.79 Å². The van der Waals surface area contributed by atoms with Gasteiger partial charge < -0.3 is 10.4 Å². The van der Waals surface area contributed by atoms with E-state index in [4.69, 9.17) is 11.6 Å². The lowest BCUT2D eigenvalue weighted by Gasteiger charge is -2.26. The van der Waals surface area contributed by atoms with Crippen LogP contribution < -0.4 is 5.32 Å². The molecule has 1 fully saturated rings. The topological polar surface area (TPSA) is 49.3 Å². The van der Waals surface area contributed by atoms with E-state index in [2.05, 4.69) is 21.2 Å². The predicted molar refractivity (Wildman–Crippen MR) is 79.5 cm³/mol. The largest absolute Gasteiger partial charge is 0.396 e. The van der Waals surface area contributed by atoms with Gasteiger partial charge in [0.25, 0.3) is 5.91 Å². The Morgan fingerprint density at radius 1 is 1.42 bits per heavy atom. The average Bonchev–Trinajstić information content (AvgIpc) is 2.89. The van der Waals surface area contributed by atoms with Crippen molar-refractivity contribution >= 4 is 33.4 Å². The van der Waals surface area contributed by atoms with Crippen LogP contribution >= 0.6 is 27.5 Å². The third kappa shape index (κ3) is 3.30. The molecule has 0 saturated heterocycles. The zero-order chi connectivity index (χ0) is 13.9.